The number of esters is 1. The lowest BCUT2D eigenvalue weighted by Crippen LogP contribution is -2.16. The number of benzene rings is 2. The van der Waals surface area contributed by atoms with Crippen LogP contribution < -0.4 is 14.8 Å². The largest absolute Gasteiger partial charge is 0.493 e. The van der Waals surface area contributed by atoms with E-state index in [9.17, 15) is 18.8 Å². The maximum absolute atomic E-state index is 14.1. The zero-order valence-corrected chi connectivity index (χ0v) is 15.7. The van der Waals surface area contributed by atoms with E-state index in [0.29, 0.717) is 18.1 Å². The highest BCUT2D eigenvalue weighted by atomic mass is 19.1. The van der Waals surface area contributed by atoms with Gasteiger partial charge in [0.25, 0.3) is 0 Å². The lowest BCUT2D eigenvalue weighted by Gasteiger charge is -2.11. The minimum absolute atomic E-state index is 0.162. The maximum atomic E-state index is 14.1. The van der Waals surface area contributed by atoms with Crippen LogP contribution in [0.2, 0.25) is 0 Å². The number of amides is 1. The van der Waals surface area contributed by atoms with E-state index >= 15 is 0 Å². The van der Waals surface area contributed by atoms with E-state index in [0.717, 1.165) is 6.07 Å². The van der Waals surface area contributed by atoms with Gasteiger partial charge in [0.2, 0.25) is 11.7 Å². The first kappa shape index (κ1) is 20.9. The van der Waals surface area contributed by atoms with E-state index in [-0.39, 0.29) is 22.7 Å². The van der Waals surface area contributed by atoms with Gasteiger partial charge in [-0.25, -0.2) is 9.18 Å². The second-order valence-corrected chi connectivity index (χ2v) is 5.67. The van der Waals surface area contributed by atoms with Crippen LogP contribution in [0.5, 0.6) is 11.5 Å². The summed E-state index contributed by atoms with van der Waals surface area (Å²) in [6.07, 6.45) is 0. The van der Waals surface area contributed by atoms with E-state index in [1.807, 2.05) is 6.92 Å². The summed E-state index contributed by atoms with van der Waals surface area (Å²) in [6, 6.07) is 8.09. The van der Waals surface area contributed by atoms with Crippen molar-refractivity contribution in [1.29, 1.82) is 0 Å². The summed E-state index contributed by atoms with van der Waals surface area (Å²) in [5, 5.41) is 2.41. The number of rotatable bonds is 8. The molecule has 0 saturated carbocycles. The summed E-state index contributed by atoms with van der Waals surface area (Å²) in [4.78, 5) is 35.3. The normalized spacial score (nSPS) is 10.1. The highest BCUT2D eigenvalue weighted by Gasteiger charge is 2.17. The summed E-state index contributed by atoms with van der Waals surface area (Å²) in [5.74, 6) is -1.84. The smallest absolute Gasteiger partial charge is 0.338 e. The van der Waals surface area contributed by atoms with Crippen LogP contribution in [0.3, 0.4) is 0 Å². The molecule has 8 heteroatoms. The summed E-state index contributed by atoms with van der Waals surface area (Å²) >= 11 is 0. The fourth-order valence-corrected chi connectivity index (χ4v) is 2.38. The van der Waals surface area contributed by atoms with Crippen molar-refractivity contribution in [2.75, 3.05) is 25.6 Å². The monoisotopic (exact) mass is 389 g/mol. The Kier molecular flexibility index (Phi) is 7.08. The van der Waals surface area contributed by atoms with Gasteiger partial charge in [-0.15, -0.1) is 0 Å². The molecule has 1 N–H and O–H groups in total. The molecule has 0 heterocycles. The molecule has 0 saturated heterocycles. The predicted octanol–water partition coefficient (Wildman–Crippen LogP) is 3.23. The highest BCUT2D eigenvalue weighted by Crippen LogP contribution is 2.28. The molecule has 0 spiro atoms. The molecule has 0 bridgehead atoms. The van der Waals surface area contributed by atoms with Crippen LogP contribution in [0.15, 0.2) is 36.4 Å². The quantitative estimate of drug-likeness (QED) is 0.551. The Morgan fingerprint density at radius 1 is 1.07 bits per heavy atom. The Balaban J connectivity index is 2.04. The molecule has 0 aliphatic heterocycles. The second kappa shape index (κ2) is 9.50. The van der Waals surface area contributed by atoms with E-state index in [1.165, 1.54) is 38.3 Å². The third-order valence-electron chi connectivity index (χ3n) is 3.62. The van der Waals surface area contributed by atoms with Gasteiger partial charge in [-0.1, -0.05) is 0 Å². The maximum Gasteiger partial charge on any atom is 0.338 e. The molecular weight excluding hydrogens is 369 g/mol. The number of methoxy groups -OCH3 is 1. The second-order valence-electron chi connectivity index (χ2n) is 5.67. The number of halogens is 1. The number of anilines is 1. The molecular formula is C20H20FNO6. The fraction of sp³-hybridized carbons (Fsp3) is 0.250. The van der Waals surface area contributed by atoms with Crippen LogP contribution in [0.4, 0.5) is 10.1 Å². The Labute approximate surface area is 161 Å². The van der Waals surface area contributed by atoms with Gasteiger partial charge in [-0.05, 0) is 43.3 Å². The summed E-state index contributed by atoms with van der Waals surface area (Å²) in [7, 11) is 1.43. The van der Waals surface area contributed by atoms with Gasteiger partial charge in [0.1, 0.15) is 5.82 Å². The molecule has 28 heavy (non-hydrogen) atoms. The zero-order chi connectivity index (χ0) is 20.7. The third kappa shape index (κ3) is 5.29. The van der Waals surface area contributed by atoms with Gasteiger partial charge < -0.3 is 19.5 Å². The van der Waals surface area contributed by atoms with Crippen molar-refractivity contribution in [3.8, 4) is 11.5 Å². The number of ether oxygens (including phenoxy) is 3. The van der Waals surface area contributed by atoms with Crippen molar-refractivity contribution in [2.45, 2.75) is 13.8 Å². The molecule has 1 amide bonds. The SMILES string of the molecule is CCOc1ccc(C(=O)OCC(=O)c2ccc(NC(C)=O)cc2F)cc1OC. The van der Waals surface area contributed by atoms with Crippen LogP contribution in [0.1, 0.15) is 34.6 Å². The molecule has 2 aromatic carbocycles. The summed E-state index contributed by atoms with van der Waals surface area (Å²) < 4.78 is 29.6. The Bertz CT molecular complexity index is 896. The van der Waals surface area contributed by atoms with Gasteiger partial charge in [-0.3, -0.25) is 9.59 Å². The van der Waals surface area contributed by atoms with Gasteiger partial charge in [-0.2, -0.15) is 0 Å². The molecule has 0 radical (unpaired) electrons. The molecule has 0 atom stereocenters. The predicted molar refractivity (Wildman–Crippen MR) is 99.5 cm³/mol. The van der Waals surface area contributed by atoms with E-state index < -0.39 is 24.2 Å². The molecule has 0 fully saturated rings. The molecule has 2 rings (SSSR count). The van der Waals surface area contributed by atoms with Crippen molar-refractivity contribution in [3.63, 3.8) is 0 Å². The lowest BCUT2D eigenvalue weighted by molar-refractivity contribution is -0.114. The summed E-state index contributed by atoms with van der Waals surface area (Å²) in [6.45, 7) is 2.90. The fourth-order valence-electron chi connectivity index (χ4n) is 2.38. The van der Waals surface area contributed by atoms with Gasteiger partial charge in [0.05, 0.1) is 24.8 Å². The van der Waals surface area contributed by atoms with Gasteiger partial charge in [0.15, 0.2) is 18.1 Å². The molecule has 148 valence electrons. The number of carbonyl (C=O) groups is 3. The van der Waals surface area contributed by atoms with Crippen LogP contribution in [0, 0.1) is 5.82 Å². The van der Waals surface area contributed by atoms with Crippen LogP contribution >= 0.6 is 0 Å². The molecule has 2 aromatic rings. The topological polar surface area (TPSA) is 90.9 Å². The molecule has 0 aliphatic rings. The van der Waals surface area contributed by atoms with Crippen molar-refractivity contribution >= 4 is 23.3 Å². The van der Waals surface area contributed by atoms with Crippen molar-refractivity contribution in [2.24, 2.45) is 0 Å². The van der Waals surface area contributed by atoms with E-state index in [4.69, 9.17) is 14.2 Å². The van der Waals surface area contributed by atoms with E-state index in [2.05, 4.69) is 5.32 Å². The van der Waals surface area contributed by atoms with Crippen molar-refractivity contribution in [3.05, 3.63) is 53.3 Å². The molecule has 0 aromatic heterocycles. The van der Waals surface area contributed by atoms with Crippen LogP contribution in [-0.4, -0.2) is 38.0 Å². The Hall–Kier alpha value is -3.42. The van der Waals surface area contributed by atoms with Crippen LogP contribution in [0.25, 0.3) is 0 Å². The number of nitrogens with one attached hydrogen (secondary N) is 1. The first-order valence-electron chi connectivity index (χ1n) is 8.44. The first-order valence-corrected chi connectivity index (χ1v) is 8.44. The third-order valence-corrected chi connectivity index (χ3v) is 3.62. The number of ketones is 1. The minimum Gasteiger partial charge on any atom is -0.493 e. The number of hydrogen-bond donors (Lipinski definition) is 1. The minimum atomic E-state index is -0.824. The van der Waals surface area contributed by atoms with Gasteiger partial charge in [0, 0.05) is 12.6 Å². The molecule has 0 unspecified atom stereocenters. The molecule has 7 nitrogen and oxygen atoms in total. The lowest BCUT2D eigenvalue weighted by atomic mass is 10.1. The average molecular weight is 389 g/mol. The first-order chi connectivity index (χ1) is 13.3. The molecule has 0 aliphatic carbocycles. The number of carbonyl (C=O) groups excluding carboxylic acids is 3. The Morgan fingerprint density at radius 3 is 2.43 bits per heavy atom. The number of Topliss-reactive ketones (excluding diaryl/α,β-unsaturated/α-hetero) is 1. The highest BCUT2D eigenvalue weighted by molar-refractivity contribution is 6.00. The van der Waals surface area contributed by atoms with E-state index in [1.54, 1.807) is 6.07 Å². The summed E-state index contributed by atoms with van der Waals surface area (Å²) in [5.41, 5.74) is 0.140. The van der Waals surface area contributed by atoms with Gasteiger partial charge >= 0.3 is 5.97 Å². The van der Waals surface area contributed by atoms with Crippen molar-refractivity contribution < 1.29 is 33.0 Å². The standard InChI is InChI=1S/C20H20FNO6/c1-4-27-18-8-5-13(9-19(18)26-3)20(25)28-11-17(24)15-7-6-14(10-16(15)21)22-12(2)23/h5-10H,4,11H2,1-3H3,(H,22,23). The number of hydrogen-bond acceptors (Lipinski definition) is 6. The Morgan fingerprint density at radius 2 is 1.82 bits per heavy atom. The zero-order valence-electron chi connectivity index (χ0n) is 15.7. The van der Waals surface area contributed by atoms with Crippen molar-refractivity contribution in [1.82, 2.24) is 0 Å². The average Bonchev–Trinajstić information content (AvgIpc) is 2.66. The van der Waals surface area contributed by atoms with Crippen LogP contribution in [-0.2, 0) is 9.53 Å².